The van der Waals surface area contributed by atoms with Crippen LogP contribution in [0, 0.1) is 5.92 Å². The molecular formula is C45H61ClN8O14. The van der Waals surface area contributed by atoms with Gasteiger partial charge in [0.15, 0.2) is 0 Å². The van der Waals surface area contributed by atoms with Gasteiger partial charge in [-0.25, -0.2) is 4.79 Å². The number of nitrogens with two attached hydrogens (primary N) is 1. The lowest BCUT2D eigenvalue weighted by molar-refractivity contribution is -0.170. The number of hydrogen-bond donors (Lipinski definition) is 10. The summed E-state index contributed by atoms with van der Waals surface area (Å²) in [4.78, 5) is 125. The lowest BCUT2D eigenvalue weighted by Crippen LogP contribution is -2.67. The third-order valence-electron chi connectivity index (χ3n) is 12.1. The van der Waals surface area contributed by atoms with Gasteiger partial charge in [0.1, 0.15) is 66.1 Å². The van der Waals surface area contributed by atoms with Crippen molar-refractivity contribution in [1.82, 2.24) is 36.4 Å². The second-order valence-corrected chi connectivity index (χ2v) is 17.5. The van der Waals surface area contributed by atoms with Crippen LogP contribution < -0.4 is 32.3 Å². The number of esters is 1. The van der Waals surface area contributed by atoms with E-state index in [1.54, 1.807) is 26.0 Å². The van der Waals surface area contributed by atoms with E-state index in [2.05, 4.69) is 26.6 Å². The van der Waals surface area contributed by atoms with Gasteiger partial charge >= 0.3 is 5.97 Å². The minimum atomic E-state index is -1.84. The topological polar surface area (TPSA) is 336 Å². The smallest absolute Gasteiger partial charge is 0.329 e. The number of hydrogen-bond acceptors (Lipinski definition) is 14. The zero-order valence-electron chi connectivity index (χ0n) is 38.3. The molecule has 372 valence electrons. The van der Waals surface area contributed by atoms with Crippen molar-refractivity contribution in [1.29, 1.82) is 0 Å². The highest BCUT2D eigenvalue weighted by atomic mass is 35.5. The Labute approximate surface area is 397 Å². The van der Waals surface area contributed by atoms with E-state index in [1.807, 2.05) is 0 Å². The summed E-state index contributed by atoms with van der Waals surface area (Å²) in [6.45, 7) is 5.76. The fourth-order valence-electron chi connectivity index (χ4n) is 7.92. The zero-order chi connectivity index (χ0) is 50.6. The number of halogens is 1. The van der Waals surface area contributed by atoms with Crippen molar-refractivity contribution in [2.24, 2.45) is 11.7 Å². The van der Waals surface area contributed by atoms with Crippen molar-refractivity contribution in [3.8, 4) is 11.5 Å². The molecule has 0 spiro atoms. The van der Waals surface area contributed by atoms with E-state index in [1.165, 1.54) is 51.2 Å². The number of piperidine rings is 1. The van der Waals surface area contributed by atoms with Crippen LogP contribution in [-0.4, -0.2) is 152 Å². The molecule has 2 bridgehead atoms. The Morgan fingerprint density at radius 3 is 2.22 bits per heavy atom. The number of rotatable bonds is 15. The summed E-state index contributed by atoms with van der Waals surface area (Å²) in [5.41, 5.74) is 6.23. The molecule has 22 nitrogen and oxygen atoms in total. The Bertz CT molecular complexity index is 2180. The normalized spacial score (nSPS) is 25.8. The summed E-state index contributed by atoms with van der Waals surface area (Å²) >= 11 is 6.21. The minimum absolute atomic E-state index is 0.0392. The van der Waals surface area contributed by atoms with Gasteiger partial charge in [-0.2, -0.15) is 0 Å². The molecule has 2 aromatic rings. The van der Waals surface area contributed by atoms with Crippen LogP contribution in [0.25, 0.3) is 0 Å². The number of carbonyl (C=O) groups excluding carboxylic acids is 9. The Balaban J connectivity index is 1.89. The fourth-order valence-corrected chi connectivity index (χ4v) is 8.12. The average Bonchev–Trinajstić information content (AvgIpc) is 3.28. The standard InChI is InChI=1S/C45H61ClN8O14/c1-6-22(2)36-45(67)68-24(4)37(52-39(61)29(48-21-55)14-17-34(47)59)42(64)49-30(13-9-25-7-11-27(57)12-8-25)40(62)50-31-15-18-35(60)54(43(31)65)38(23(3)56)44(66)53(5)32(41(63)51-36)20-26-10-16-33(58)28(46)19-26/h7-8,10-12,16,19,21-24,29-32,35-38,56-58,60H,6,9,13-15,17-18,20H2,1-5H3,(H2,47,59)(H,48,55)(H,49,64)(H,50,62)(H,51,63)(H,52,61)/t22-,23+,24-,29-,30-,31-,32-,35+,36-,37-,38-/m0/s1. The third kappa shape index (κ3) is 14.0. The third-order valence-corrected chi connectivity index (χ3v) is 12.4. The molecule has 2 aliphatic heterocycles. The predicted molar refractivity (Wildman–Crippen MR) is 242 cm³/mol. The van der Waals surface area contributed by atoms with Gasteiger partial charge in [0.25, 0.3) is 0 Å². The largest absolute Gasteiger partial charge is 0.508 e. The Hall–Kier alpha value is -6.52. The number of aromatic hydroxyl groups is 2. The molecule has 2 aromatic carbocycles. The van der Waals surface area contributed by atoms with Crippen molar-refractivity contribution in [3.05, 3.63) is 58.6 Å². The average molecular weight is 973 g/mol. The van der Waals surface area contributed by atoms with Crippen molar-refractivity contribution in [3.63, 3.8) is 0 Å². The number of fused-ring (bicyclic) bond motifs is 2. The molecule has 0 radical (unpaired) electrons. The van der Waals surface area contributed by atoms with Crippen molar-refractivity contribution in [2.75, 3.05) is 7.05 Å². The number of aliphatic hydroxyl groups is 2. The SMILES string of the molecule is CC[C@H](C)[C@@H]1NC(=O)[C@H](Cc2ccc(O)c(Cl)c2)N(C)C(=O)[C@H]([C@@H](C)O)N2C(=O)[C@H](CC[C@H]2O)NC(=O)[C@H](CCc2ccc(O)cc2)NC(=O)[C@@H](NC(=O)[C@H](CCC(N)=O)NC=O)[C@H](C)OC1=O. The summed E-state index contributed by atoms with van der Waals surface area (Å²) in [6, 6.07) is -1.08. The number of carbonyl (C=O) groups is 9. The summed E-state index contributed by atoms with van der Waals surface area (Å²) in [6.07, 6.45) is -5.86. The Morgan fingerprint density at radius 1 is 0.956 bits per heavy atom. The summed E-state index contributed by atoms with van der Waals surface area (Å²) in [5, 5.41) is 54.8. The lowest BCUT2D eigenvalue weighted by Gasteiger charge is -2.43. The summed E-state index contributed by atoms with van der Waals surface area (Å²) < 4.78 is 5.83. The van der Waals surface area contributed by atoms with E-state index >= 15 is 0 Å². The maximum atomic E-state index is 14.6. The molecule has 23 heteroatoms. The van der Waals surface area contributed by atoms with Gasteiger partial charge < -0.3 is 67.3 Å². The lowest BCUT2D eigenvalue weighted by atomic mass is 9.96. The number of primary amides is 1. The number of ether oxygens (including phenoxy) is 1. The molecule has 2 heterocycles. The van der Waals surface area contributed by atoms with Crippen LogP contribution in [0.1, 0.15) is 77.3 Å². The molecule has 68 heavy (non-hydrogen) atoms. The molecule has 11 N–H and O–H groups in total. The molecule has 0 aromatic heterocycles. The van der Waals surface area contributed by atoms with Crippen LogP contribution in [-0.2, 0) is 60.7 Å². The monoisotopic (exact) mass is 972 g/mol. The number of nitrogens with one attached hydrogen (secondary N) is 5. The molecular weight excluding hydrogens is 912 g/mol. The van der Waals surface area contributed by atoms with E-state index < -0.39 is 114 Å². The Morgan fingerprint density at radius 2 is 1.62 bits per heavy atom. The number of amides is 8. The molecule has 2 fully saturated rings. The molecule has 2 aliphatic rings. The Kier molecular flexibility index (Phi) is 19.5. The van der Waals surface area contributed by atoms with Crippen LogP contribution in [0.4, 0.5) is 0 Å². The maximum Gasteiger partial charge on any atom is 0.329 e. The number of cyclic esters (lactones) is 1. The van der Waals surface area contributed by atoms with Gasteiger partial charge in [0, 0.05) is 19.9 Å². The summed E-state index contributed by atoms with van der Waals surface area (Å²) in [5.74, 6) is -8.89. The van der Waals surface area contributed by atoms with Gasteiger partial charge in [-0.3, -0.25) is 38.4 Å². The first-order chi connectivity index (χ1) is 32.1. The molecule has 0 aliphatic carbocycles. The van der Waals surface area contributed by atoms with Gasteiger partial charge in [0.2, 0.25) is 47.8 Å². The number of aryl methyl sites for hydroxylation is 1. The van der Waals surface area contributed by atoms with E-state index in [-0.39, 0.29) is 74.3 Å². The fraction of sp³-hybridized carbons (Fsp3) is 0.533. The highest BCUT2D eigenvalue weighted by Crippen LogP contribution is 2.27. The molecule has 0 unspecified atom stereocenters. The van der Waals surface area contributed by atoms with Crippen LogP contribution >= 0.6 is 11.6 Å². The quantitative estimate of drug-likeness (QED) is 0.0738. The van der Waals surface area contributed by atoms with E-state index in [9.17, 15) is 63.6 Å². The second kappa shape index (κ2) is 24.5. The zero-order valence-corrected chi connectivity index (χ0v) is 39.1. The number of nitrogens with zero attached hydrogens (tertiary/aromatic N) is 2. The van der Waals surface area contributed by atoms with Crippen LogP contribution in [0.3, 0.4) is 0 Å². The van der Waals surface area contributed by atoms with Gasteiger partial charge in [0.05, 0.1) is 11.1 Å². The number of phenolic OH excluding ortho intramolecular Hbond substituents is 2. The molecule has 4 rings (SSSR count). The van der Waals surface area contributed by atoms with Crippen molar-refractivity contribution >= 4 is 65.3 Å². The van der Waals surface area contributed by atoms with Crippen LogP contribution in [0.5, 0.6) is 11.5 Å². The molecule has 0 saturated carbocycles. The first kappa shape index (κ1) is 54.1. The van der Waals surface area contributed by atoms with Crippen LogP contribution in [0.2, 0.25) is 5.02 Å². The highest BCUT2D eigenvalue weighted by molar-refractivity contribution is 6.32. The predicted octanol–water partition coefficient (Wildman–Crippen LogP) is -1.25. The molecule has 8 amide bonds. The van der Waals surface area contributed by atoms with Crippen molar-refractivity contribution in [2.45, 2.75) is 140 Å². The van der Waals surface area contributed by atoms with E-state index in [0.29, 0.717) is 11.1 Å². The highest BCUT2D eigenvalue weighted by Gasteiger charge is 2.47. The maximum absolute atomic E-state index is 14.6. The van der Waals surface area contributed by atoms with E-state index in [0.717, 1.165) is 9.80 Å². The van der Waals surface area contributed by atoms with Gasteiger partial charge in [-0.1, -0.05) is 50.1 Å². The van der Waals surface area contributed by atoms with Crippen LogP contribution in [0.15, 0.2) is 42.5 Å². The number of likely N-dealkylation sites (N-methyl/N-ethyl adjacent to an activating group) is 1. The first-order valence-corrected chi connectivity index (χ1v) is 22.6. The molecule has 11 atom stereocenters. The minimum Gasteiger partial charge on any atom is -0.508 e. The second-order valence-electron chi connectivity index (χ2n) is 17.1. The van der Waals surface area contributed by atoms with Crippen molar-refractivity contribution < 1.29 is 68.3 Å². The molecule has 2 saturated heterocycles. The number of benzene rings is 2. The first-order valence-electron chi connectivity index (χ1n) is 22.2. The summed E-state index contributed by atoms with van der Waals surface area (Å²) in [7, 11) is 1.21. The van der Waals surface area contributed by atoms with Gasteiger partial charge in [-0.05, 0) is 87.3 Å². The van der Waals surface area contributed by atoms with E-state index in [4.69, 9.17) is 22.1 Å². The number of phenols is 2. The van der Waals surface area contributed by atoms with Gasteiger partial charge in [-0.15, -0.1) is 0 Å². The number of aliphatic hydroxyl groups excluding tert-OH is 2.